The first-order valence-corrected chi connectivity index (χ1v) is 6.16. The van der Waals surface area contributed by atoms with Gasteiger partial charge in [0.05, 0.1) is 13.2 Å². The van der Waals surface area contributed by atoms with E-state index >= 15 is 0 Å². The summed E-state index contributed by atoms with van der Waals surface area (Å²) in [7, 11) is 1.64. The van der Waals surface area contributed by atoms with Crippen LogP contribution in [0, 0.1) is 0 Å². The second-order valence-corrected chi connectivity index (χ2v) is 3.85. The minimum absolute atomic E-state index is 0.0576. The van der Waals surface area contributed by atoms with Crippen LogP contribution in [0.2, 0.25) is 0 Å². The SMILES string of the molecule is COCCNCC(=O)NCCCSC. The molecule has 84 valence electrons. The molecule has 2 N–H and O–H groups in total. The lowest BCUT2D eigenvalue weighted by Gasteiger charge is -2.05. The van der Waals surface area contributed by atoms with Crippen molar-refractivity contribution in [1.82, 2.24) is 10.6 Å². The number of thioether (sulfide) groups is 1. The molecular formula is C9H20N2O2S. The van der Waals surface area contributed by atoms with Gasteiger partial charge in [-0.15, -0.1) is 0 Å². The Morgan fingerprint density at radius 1 is 1.43 bits per heavy atom. The first-order chi connectivity index (χ1) is 6.81. The van der Waals surface area contributed by atoms with Gasteiger partial charge >= 0.3 is 0 Å². The molecule has 0 aromatic heterocycles. The van der Waals surface area contributed by atoms with Gasteiger partial charge in [-0.25, -0.2) is 0 Å². The quantitative estimate of drug-likeness (QED) is 0.541. The van der Waals surface area contributed by atoms with Crippen LogP contribution in [0.1, 0.15) is 6.42 Å². The summed E-state index contributed by atoms with van der Waals surface area (Å²) in [6.07, 6.45) is 3.10. The van der Waals surface area contributed by atoms with E-state index in [1.807, 2.05) is 0 Å². The zero-order valence-corrected chi connectivity index (χ0v) is 9.78. The normalized spacial score (nSPS) is 10.1. The molecule has 5 heteroatoms. The minimum Gasteiger partial charge on any atom is -0.383 e. The Hall–Kier alpha value is -0.260. The fraction of sp³-hybridized carbons (Fsp3) is 0.889. The van der Waals surface area contributed by atoms with Gasteiger partial charge in [0.2, 0.25) is 5.91 Å². The van der Waals surface area contributed by atoms with Crippen LogP contribution in [-0.4, -0.2) is 51.3 Å². The number of rotatable bonds is 9. The van der Waals surface area contributed by atoms with Gasteiger partial charge in [0.15, 0.2) is 0 Å². The summed E-state index contributed by atoms with van der Waals surface area (Å²) in [5, 5.41) is 5.82. The summed E-state index contributed by atoms with van der Waals surface area (Å²) in [4.78, 5) is 11.1. The molecule has 0 radical (unpaired) electrons. The van der Waals surface area contributed by atoms with E-state index in [0.717, 1.165) is 18.7 Å². The topological polar surface area (TPSA) is 50.4 Å². The summed E-state index contributed by atoms with van der Waals surface area (Å²) in [5.41, 5.74) is 0. The molecule has 0 aromatic rings. The summed E-state index contributed by atoms with van der Waals surface area (Å²) in [5.74, 6) is 1.15. The highest BCUT2D eigenvalue weighted by Gasteiger charge is 1.98. The maximum Gasteiger partial charge on any atom is 0.233 e. The van der Waals surface area contributed by atoms with E-state index in [0.29, 0.717) is 19.7 Å². The molecule has 4 nitrogen and oxygen atoms in total. The van der Waals surface area contributed by atoms with E-state index in [-0.39, 0.29) is 5.91 Å². The van der Waals surface area contributed by atoms with E-state index in [1.54, 1.807) is 18.9 Å². The molecule has 0 fully saturated rings. The standard InChI is InChI=1S/C9H20N2O2S/c1-13-6-5-10-8-9(12)11-4-3-7-14-2/h10H,3-8H2,1-2H3,(H,11,12). The van der Waals surface area contributed by atoms with E-state index in [1.165, 1.54) is 0 Å². The lowest BCUT2D eigenvalue weighted by molar-refractivity contribution is -0.120. The molecule has 0 saturated heterocycles. The number of carbonyl (C=O) groups excluding carboxylic acids is 1. The highest BCUT2D eigenvalue weighted by Crippen LogP contribution is 1.92. The number of hydrogen-bond acceptors (Lipinski definition) is 4. The van der Waals surface area contributed by atoms with Gasteiger partial charge < -0.3 is 15.4 Å². The Bertz CT molecular complexity index is 131. The predicted octanol–water partition coefficient (Wildman–Crippen LogP) is 0.0917. The van der Waals surface area contributed by atoms with Gasteiger partial charge in [-0.2, -0.15) is 11.8 Å². The first-order valence-electron chi connectivity index (χ1n) is 4.76. The van der Waals surface area contributed by atoms with Crippen LogP contribution in [0.5, 0.6) is 0 Å². The highest BCUT2D eigenvalue weighted by atomic mass is 32.2. The molecule has 0 atom stereocenters. The van der Waals surface area contributed by atoms with Crippen molar-refractivity contribution in [3.8, 4) is 0 Å². The lowest BCUT2D eigenvalue weighted by atomic mass is 10.4. The molecule has 0 aromatic carbocycles. The molecule has 0 aliphatic carbocycles. The van der Waals surface area contributed by atoms with Crippen LogP contribution in [0.25, 0.3) is 0 Å². The predicted molar refractivity (Wildman–Crippen MR) is 60.8 cm³/mol. The smallest absolute Gasteiger partial charge is 0.233 e. The zero-order valence-electron chi connectivity index (χ0n) is 8.97. The number of amides is 1. The van der Waals surface area contributed by atoms with Gasteiger partial charge in [0, 0.05) is 20.2 Å². The third kappa shape index (κ3) is 9.83. The molecule has 0 saturated carbocycles. The Morgan fingerprint density at radius 2 is 2.21 bits per heavy atom. The molecule has 0 aliphatic heterocycles. The second kappa shape index (κ2) is 10.8. The molecule has 0 unspecified atom stereocenters. The maximum atomic E-state index is 11.1. The van der Waals surface area contributed by atoms with Gasteiger partial charge in [-0.3, -0.25) is 4.79 Å². The third-order valence-electron chi connectivity index (χ3n) is 1.62. The van der Waals surface area contributed by atoms with Crippen LogP contribution in [0.4, 0.5) is 0 Å². The Kier molecular flexibility index (Phi) is 10.6. The first kappa shape index (κ1) is 13.7. The van der Waals surface area contributed by atoms with Crippen molar-refractivity contribution in [3.05, 3.63) is 0 Å². The Morgan fingerprint density at radius 3 is 2.86 bits per heavy atom. The van der Waals surface area contributed by atoms with Crippen LogP contribution in [0.15, 0.2) is 0 Å². The van der Waals surface area contributed by atoms with Crippen molar-refractivity contribution >= 4 is 17.7 Å². The van der Waals surface area contributed by atoms with Crippen LogP contribution in [0.3, 0.4) is 0 Å². The molecule has 0 spiro atoms. The van der Waals surface area contributed by atoms with Crippen molar-refractivity contribution in [1.29, 1.82) is 0 Å². The Balaban J connectivity index is 3.11. The van der Waals surface area contributed by atoms with Crippen molar-refractivity contribution in [2.24, 2.45) is 0 Å². The second-order valence-electron chi connectivity index (χ2n) is 2.87. The maximum absolute atomic E-state index is 11.1. The van der Waals surface area contributed by atoms with Crippen molar-refractivity contribution in [2.45, 2.75) is 6.42 Å². The Labute approximate surface area is 90.2 Å². The lowest BCUT2D eigenvalue weighted by Crippen LogP contribution is -2.35. The molecule has 0 aliphatic rings. The van der Waals surface area contributed by atoms with E-state index in [4.69, 9.17) is 4.74 Å². The number of methoxy groups -OCH3 is 1. The number of nitrogens with one attached hydrogen (secondary N) is 2. The van der Waals surface area contributed by atoms with Gasteiger partial charge in [0.1, 0.15) is 0 Å². The molecular weight excluding hydrogens is 200 g/mol. The van der Waals surface area contributed by atoms with Gasteiger partial charge in [0.25, 0.3) is 0 Å². The van der Waals surface area contributed by atoms with E-state index in [9.17, 15) is 4.79 Å². The zero-order chi connectivity index (χ0) is 10.6. The van der Waals surface area contributed by atoms with Crippen LogP contribution < -0.4 is 10.6 Å². The molecule has 0 heterocycles. The molecule has 1 amide bonds. The summed E-state index contributed by atoms with van der Waals surface area (Å²) >= 11 is 1.79. The van der Waals surface area contributed by atoms with Crippen LogP contribution >= 0.6 is 11.8 Å². The van der Waals surface area contributed by atoms with Crippen molar-refractivity contribution < 1.29 is 9.53 Å². The number of hydrogen-bond donors (Lipinski definition) is 2. The van der Waals surface area contributed by atoms with Crippen molar-refractivity contribution in [3.63, 3.8) is 0 Å². The minimum atomic E-state index is 0.0576. The number of ether oxygens (including phenoxy) is 1. The van der Waals surface area contributed by atoms with Crippen LogP contribution in [-0.2, 0) is 9.53 Å². The van der Waals surface area contributed by atoms with Gasteiger partial charge in [-0.05, 0) is 18.4 Å². The average Bonchev–Trinajstić information content (AvgIpc) is 2.19. The third-order valence-corrected chi connectivity index (χ3v) is 2.31. The van der Waals surface area contributed by atoms with Crippen molar-refractivity contribution in [2.75, 3.05) is 45.4 Å². The molecule has 0 bridgehead atoms. The molecule has 0 rings (SSSR count). The van der Waals surface area contributed by atoms with E-state index in [2.05, 4.69) is 16.9 Å². The van der Waals surface area contributed by atoms with Gasteiger partial charge in [-0.1, -0.05) is 0 Å². The highest BCUT2D eigenvalue weighted by molar-refractivity contribution is 7.98. The summed E-state index contributed by atoms with van der Waals surface area (Å²) in [6, 6.07) is 0. The fourth-order valence-electron chi connectivity index (χ4n) is 0.883. The molecule has 14 heavy (non-hydrogen) atoms. The number of carbonyl (C=O) groups is 1. The fourth-order valence-corrected chi connectivity index (χ4v) is 1.32. The summed E-state index contributed by atoms with van der Waals surface area (Å²) in [6.45, 7) is 2.50. The monoisotopic (exact) mass is 220 g/mol. The summed E-state index contributed by atoms with van der Waals surface area (Å²) < 4.78 is 4.84. The largest absolute Gasteiger partial charge is 0.383 e. The average molecular weight is 220 g/mol. The van der Waals surface area contributed by atoms with E-state index < -0.39 is 0 Å².